The molecule has 16 heavy (non-hydrogen) atoms. The normalized spacial score (nSPS) is 14.1. The standard InChI is InChI=1S/C10H20N2O3S/c1-7(9(6-13)16-4)11-10(15)5-12(3)8(2)14/h7,9,13H,5-6H2,1-4H3,(H,11,15). The van der Waals surface area contributed by atoms with Crippen molar-refractivity contribution in [2.75, 3.05) is 26.5 Å². The summed E-state index contributed by atoms with van der Waals surface area (Å²) in [6.45, 7) is 3.32. The largest absolute Gasteiger partial charge is 0.395 e. The van der Waals surface area contributed by atoms with Gasteiger partial charge in [0.05, 0.1) is 13.2 Å². The third kappa shape index (κ3) is 5.37. The Kier molecular flexibility index (Phi) is 7.16. The van der Waals surface area contributed by atoms with Gasteiger partial charge in [-0.2, -0.15) is 11.8 Å². The van der Waals surface area contributed by atoms with Crippen molar-refractivity contribution in [3.8, 4) is 0 Å². The van der Waals surface area contributed by atoms with Crippen LogP contribution in [0.4, 0.5) is 0 Å². The molecular weight excluding hydrogens is 228 g/mol. The van der Waals surface area contributed by atoms with Crippen molar-refractivity contribution in [1.82, 2.24) is 10.2 Å². The predicted molar refractivity (Wildman–Crippen MR) is 65.3 cm³/mol. The van der Waals surface area contributed by atoms with Crippen molar-refractivity contribution < 1.29 is 14.7 Å². The molecule has 2 unspecified atom stereocenters. The molecule has 2 atom stereocenters. The van der Waals surface area contributed by atoms with Gasteiger partial charge in [0.1, 0.15) is 0 Å². The highest BCUT2D eigenvalue weighted by Crippen LogP contribution is 2.09. The number of carbonyl (C=O) groups is 2. The van der Waals surface area contributed by atoms with Gasteiger partial charge in [-0.05, 0) is 13.2 Å². The zero-order valence-electron chi connectivity index (χ0n) is 10.2. The predicted octanol–water partition coefficient (Wildman–Crippen LogP) is -0.307. The molecule has 0 radical (unpaired) electrons. The van der Waals surface area contributed by atoms with Crippen LogP contribution in [0.1, 0.15) is 13.8 Å². The molecule has 0 aliphatic heterocycles. The minimum atomic E-state index is -0.210. The van der Waals surface area contributed by atoms with Crippen molar-refractivity contribution in [1.29, 1.82) is 0 Å². The molecule has 2 amide bonds. The van der Waals surface area contributed by atoms with Crippen LogP contribution in [0.3, 0.4) is 0 Å². The lowest BCUT2D eigenvalue weighted by Gasteiger charge is -2.22. The number of nitrogens with one attached hydrogen (secondary N) is 1. The van der Waals surface area contributed by atoms with Crippen LogP contribution in [-0.2, 0) is 9.59 Å². The topological polar surface area (TPSA) is 69.6 Å². The maximum Gasteiger partial charge on any atom is 0.239 e. The molecule has 0 aliphatic carbocycles. The highest BCUT2D eigenvalue weighted by Gasteiger charge is 2.18. The second kappa shape index (κ2) is 7.51. The van der Waals surface area contributed by atoms with Crippen LogP contribution in [0.2, 0.25) is 0 Å². The smallest absolute Gasteiger partial charge is 0.239 e. The van der Waals surface area contributed by atoms with E-state index in [-0.39, 0.29) is 36.3 Å². The Labute approximate surface area is 101 Å². The third-order valence-corrected chi connectivity index (χ3v) is 3.51. The fraction of sp³-hybridized carbons (Fsp3) is 0.800. The number of rotatable bonds is 6. The Morgan fingerprint density at radius 3 is 2.44 bits per heavy atom. The molecule has 0 spiro atoms. The first kappa shape index (κ1) is 15.2. The molecule has 0 saturated heterocycles. The van der Waals surface area contributed by atoms with Crippen molar-refractivity contribution in [3.05, 3.63) is 0 Å². The van der Waals surface area contributed by atoms with Gasteiger partial charge in [-0.15, -0.1) is 0 Å². The van der Waals surface area contributed by atoms with Gasteiger partial charge in [0.2, 0.25) is 11.8 Å². The molecule has 0 aliphatic rings. The summed E-state index contributed by atoms with van der Waals surface area (Å²) in [7, 11) is 1.57. The van der Waals surface area contributed by atoms with Crippen molar-refractivity contribution in [2.45, 2.75) is 25.1 Å². The van der Waals surface area contributed by atoms with E-state index in [2.05, 4.69) is 5.32 Å². The SMILES string of the molecule is CSC(CO)C(C)NC(=O)CN(C)C(C)=O. The Hall–Kier alpha value is -0.750. The zero-order valence-corrected chi connectivity index (χ0v) is 11.0. The molecule has 6 heteroatoms. The number of aliphatic hydroxyl groups excluding tert-OH is 1. The van der Waals surface area contributed by atoms with E-state index < -0.39 is 0 Å². The summed E-state index contributed by atoms with van der Waals surface area (Å²) in [6.07, 6.45) is 1.88. The van der Waals surface area contributed by atoms with Crippen LogP contribution < -0.4 is 5.32 Å². The first-order valence-electron chi connectivity index (χ1n) is 5.07. The fourth-order valence-electron chi connectivity index (χ4n) is 1.16. The highest BCUT2D eigenvalue weighted by atomic mass is 32.2. The van der Waals surface area contributed by atoms with Crippen molar-refractivity contribution in [2.24, 2.45) is 0 Å². The second-order valence-electron chi connectivity index (χ2n) is 3.69. The summed E-state index contributed by atoms with van der Waals surface area (Å²) >= 11 is 1.50. The monoisotopic (exact) mass is 248 g/mol. The Morgan fingerprint density at radius 2 is 2.06 bits per heavy atom. The first-order valence-corrected chi connectivity index (χ1v) is 6.35. The van der Waals surface area contributed by atoms with Gasteiger partial charge in [0.15, 0.2) is 0 Å². The van der Waals surface area contributed by atoms with Crippen LogP contribution in [0, 0.1) is 0 Å². The van der Waals surface area contributed by atoms with Gasteiger partial charge in [-0.3, -0.25) is 9.59 Å². The average molecular weight is 248 g/mol. The molecule has 94 valence electrons. The molecule has 0 fully saturated rings. The lowest BCUT2D eigenvalue weighted by atomic mass is 10.2. The maximum absolute atomic E-state index is 11.5. The Bertz CT molecular complexity index is 244. The van der Waals surface area contributed by atoms with E-state index in [1.807, 2.05) is 13.2 Å². The van der Waals surface area contributed by atoms with Gasteiger partial charge in [0, 0.05) is 25.3 Å². The molecule has 0 rings (SSSR count). The van der Waals surface area contributed by atoms with E-state index in [1.165, 1.54) is 23.6 Å². The number of hydrogen-bond acceptors (Lipinski definition) is 4. The minimum absolute atomic E-state index is 0.0190. The minimum Gasteiger partial charge on any atom is -0.395 e. The number of likely N-dealkylation sites (N-methyl/N-ethyl adjacent to an activating group) is 1. The molecular formula is C10H20N2O3S. The quantitative estimate of drug-likeness (QED) is 0.677. The second-order valence-corrected chi connectivity index (χ2v) is 4.76. The van der Waals surface area contributed by atoms with Crippen molar-refractivity contribution >= 4 is 23.6 Å². The molecule has 5 nitrogen and oxygen atoms in total. The van der Waals surface area contributed by atoms with Gasteiger partial charge in [-0.1, -0.05) is 0 Å². The third-order valence-electron chi connectivity index (χ3n) is 2.35. The lowest BCUT2D eigenvalue weighted by Crippen LogP contribution is -2.45. The zero-order chi connectivity index (χ0) is 12.7. The summed E-state index contributed by atoms with van der Waals surface area (Å²) in [4.78, 5) is 23.8. The maximum atomic E-state index is 11.5. The fourth-order valence-corrected chi connectivity index (χ4v) is 1.78. The molecule has 0 aromatic heterocycles. The summed E-state index contributed by atoms with van der Waals surface area (Å²) < 4.78 is 0. The van der Waals surface area contributed by atoms with E-state index in [4.69, 9.17) is 5.11 Å². The molecule has 0 bridgehead atoms. The molecule has 2 N–H and O–H groups in total. The summed E-state index contributed by atoms with van der Waals surface area (Å²) in [5.41, 5.74) is 0. The number of aliphatic hydroxyl groups is 1. The van der Waals surface area contributed by atoms with E-state index in [0.717, 1.165) is 0 Å². The summed E-state index contributed by atoms with van der Waals surface area (Å²) in [6, 6.07) is -0.118. The van der Waals surface area contributed by atoms with Crippen LogP contribution in [-0.4, -0.2) is 59.6 Å². The van der Waals surface area contributed by atoms with Crippen LogP contribution in [0.5, 0.6) is 0 Å². The van der Waals surface area contributed by atoms with Gasteiger partial charge in [-0.25, -0.2) is 0 Å². The number of hydrogen-bond donors (Lipinski definition) is 2. The van der Waals surface area contributed by atoms with E-state index in [0.29, 0.717) is 0 Å². The summed E-state index contributed by atoms with van der Waals surface area (Å²) in [5, 5.41) is 11.8. The van der Waals surface area contributed by atoms with E-state index >= 15 is 0 Å². The number of amides is 2. The van der Waals surface area contributed by atoms with Gasteiger partial charge < -0.3 is 15.3 Å². The first-order chi connectivity index (χ1) is 7.42. The molecule has 0 aromatic rings. The Balaban J connectivity index is 4.09. The number of carbonyl (C=O) groups excluding carboxylic acids is 2. The molecule has 0 aromatic carbocycles. The number of nitrogens with zero attached hydrogens (tertiary/aromatic N) is 1. The van der Waals surface area contributed by atoms with E-state index in [9.17, 15) is 9.59 Å². The molecule has 0 heterocycles. The van der Waals surface area contributed by atoms with Crippen molar-refractivity contribution in [3.63, 3.8) is 0 Å². The van der Waals surface area contributed by atoms with Crippen LogP contribution in [0.15, 0.2) is 0 Å². The molecule has 0 saturated carbocycles. The van der Waals surface area contributed by atoms with Crippen LogP contribution in [0.25, 0.3) is 0 Å². The van der Waals surface area contributed by atoms with Crippen LogP contribution >= 0.6 is 11.8 Å². The Morgan fingerprint density at radius 1 is 1.50 bits per heavy atom. The van der Waals surface area contributed by atoms with Gasteiger partial charge in [0.25, 0.3) is 0 Å². The van der Waals surface area contributed by atoms with E-state index in [1.54, 1.807) is 7.05 Å². The lowest BCUT2D eigenvalue weighted by molar-refractivity contribution is -0.133. The average Bonchev–Trinajstić information content (AvgIpc) is 2.18. The summed E-state index contributed by atoms with van der Waals surface area (Å²) in [5.74, 6) is -0.357. The highest BCUT2D eigenvalue weighted by molar-refractivity contribution is 7.99. The number of thioether (sulfide) groups is 1. The van der Waals surface area contributed by atoms with Gasteiger partial charge >= 0.3 is 0 Å².